The third kappa shape index (κ3) is 2.44. The molecule has 3 aromatic rings. The fraction of sp³-hybridized carbons (Fsp3) is 0.190. The van der Waals surface area contributed by atoms with Crippen LogP contribution in [0.2, 0.25) is 0 Å². The van der Waals surface area contributed by atoms with Crippen LogP contribution in [0.3, 0.4) is 0 Å². The van der Waals surface area contributed by atoms with Gasteiger partial charge in [0.2, 0.25) is 0 Å². The van der Waals surface area contributed by atoms with Crippen molar-refractivity contribution in [2.75, 3.05) is 0 Å². The standard InChI is InChI=1S/C21H17NO4/c1-21(2,3)26-20(25)22-16-7-5-4-6-12(16)13-10-14-15(11-17(13)22)19(24)9-8-18(14)23/h4-11H,1-3H3. The van der Waals surface area contributed by atoms with Gasteiger partial charge in [-0.1, -0.05) is 18.2 Å². The Labute approximate surface area is 149 Å². The first kappa shape index (κ1) is 16.3. The van der Waals surface area contributed by atoms with Crippen LogP contribution in [0.5, 0.6) is 0 Å². The number of para-hydroxylation sites is 1. The third-order valence-corrected chi connectivity index (χ3v) is 4.30. The SMILES string of the molecule is CC(C)(C)OC(=O)n1c2ccccc2c2cc3c(cc21)C(=O)C=CC3=O. The fourth-order valence-electron chi connectivity index (χ4n) is 3.26. The zero-order valence-electron chi connectivity index (χ0n) is 14.7. The van der Waals surface area contributed by atoms with E-state index in [1.807, 2.05) is 24.3 Å². The van der Waals surface area contributed by atoms with Crippen LogP contribution in [0.1, 0.15) is 41.5 Å². The van der Waals surface area contributed by atoms with Crippen molar-refractivity contribution in [3.8, 4) is 0 Å². The highest BCUT2D eigenvalue weighted by Gasteiger charge is 2.26. The fourth-order valence-corrected chi connectivity index (χ4v) is 3.26. The normalized spacial score (nSPS) is 14.1. The maximum Gasteiger partial charge on any atom is 0.419 e. The van der Waals surface area contributed by atoms with Crippen LogP contribution in [0.25, 0.3) is 21.8 Å². The minimum atomic E-state index is -0.655. The summed E-state index contributed by atoms with van der Waals surface area (Å²) in [6, 6.07) is 10.7. The molecule has 0 saturated carbocycles. The molecule has 0 amide bonds. The zero-order valence-corrected chi connectivity index (χ0v) is 14.7. The smallest absolute Gasteiger partial charge is 0.419 e. The molecule has 130 valence electrons. The lowest BCUT2D eigenvalue weighted by Gasteiger charge is -2.20. The monoisotopic (exact) mass is 347 g/mol. The van der Waals surface area contributed by atoms with E-state index in [1.54, 1.807) is 32.9 Å². The molecule has 0 spiro atoms. The van der Waals surface area contributed by atoms with Crippen molar-refractivity contribution >= 4 is 39.5 Å². The van der Waals surface area contributed by atoms with Crippen LogP contribution in [0.4, 0.5) is 4.79 Å². The lowest BCUT2D eigenvalue weighted by molar-refractivity contribution is 0.0551. The summed E-state index contributed by atoms with van der Waals surface area (Å²) < 4.78 is 7.01. The van der Waals surface area contributed by atoms with E-state index in [1.165, 1.54) is 16.7 Å². The summed E-state index contributed by atoms with van der Waals surface area (Å²) in [5.41, 5.74) is 1.23. The van der Waals surface area contributed by atoms with E-state index >= 15 is 0 Å². The predicted molar refractivity (Wildman–Crippen MR) is 98.9 cm³/mol. The van der Waals surface area contributed by atoms with Gasteiger partial charge in [0.25, 0.3) is 0 Å². The van der Waals surface area contributed by atoms with Crippen LogP contribution in [0.15, 0.2) is 48.6 Å². The molecule has 0 atom stereocenters. The zero-order chi connectivity index (χ0) is 18.6. The van der Waals surface area contributed by atoms with Crippen LogP contribution < -0.4 is 0 Å². The number of hydrogen-bond acceptors (Lipinski definition) is 4. The Morgan fingerprint density at radius 1 is 0.885 bits per heavy atom. The molecular formula is C21H17NO4. The summed E-state index contributed by atoms with van der Waals surface area (Å²) in [5, 5.41) is 1.56. The highest BCUT2D eigenvalue weighted by molar-refractivity contribution is 6.25. The molecule has 2 aromatic carbocycles. The number of carbonyl (C=O) groups is 3. The molecule has 1 aromatic heterocycles. The Balaban J connectivity index is 2.07. The summed E-state index contributed by atoms with van der Waals surface area (Å²) >= 11 is 0. The molecular weight excluding hydrogens is 330 g/mol. The average molecular weight is 347 g/mol. The van der Waals surface area contributed by atoms with Crippen molar-refractivity contribution in [3.63, 3.8) is 0 Å². The van der Waals surface area contributed by atoms with Gasteiger partial charge in [-0.3, -0.25) is 9.59 Å². The lowest BCUT2D eigenvalue weighted by atomic mass is 9.93. The summed E-state index contributed by atoms with van der Waals surface area (Å²) in [7, 11) is 0. The number of ether oxygens (including phenoxy) is 1. The Hall–Kier alpha value is -3.21. The van der Waals surface area contributed by atoms with Crippen LogP contribution in [-0.2, 0) is 4.74 Å². The van der Waals surface area contributed by atoms with E-state index in [-0.39, 0.29) is 11.6 Å². The maximum absolute atomic E-state index is 12.8. The minimum Gasteiger partial charge on any atom is -0.443 e. The highest BCUT2D eigenvalue weighted by Crippen LogP contribution is 2.33. The number of rotatable bonds is 0. The number of carbonyl (C=O) groups excluding carboxylic acids is 3. The molecule has 0 unspecified atom stereocenters. The molecule has 0 saturated heterocycles. The molecule has 5 heteroatoms. The Morgan fingerprint density at radius 3 is 2.15 bits per heavy atom. The molecule has 0 fully saturated rings. The van der Waals surface area contributed by atoms with Gasteiger partial charge in [-0.05, 0) is 51.1 Å². The molecule has 4 rings (SSSR count). The van der Waals surface area contributed by atoms with Gasteiger partial charge in [0.1, 0.15) is 5.60 Å². The number of benzene rings is 2. The second kappa shape index (κ2) is 5.39. The van der Waals surface area contributed by atoms with E-state index in [4.69, 9.17) is 4.74 Å². The van der Waals surface area contributed by atoms with E-state index in [0.717, 1.165) is 10.8 Å². The summed E-state index contributed by atoms with van der Waals surface area (Å²) in [4.78, 5) is 37.3. The molecule has 1 heterocycles. The molecule has 26 heavy (non-hydrogen) atoms. The highest BCUT2D eigenvalue weighted by atomic mass is 16.6. The van der Waals surface area contributed by atoms with Crippen LogP contribution in [-0.4, -0.2) is 27.8 Å². The number of aromatic nitrogens is 1. The van der Waals surface area contributed by atoms with Crippen molar-refractivity contribution in [3.05, 3.63) is 59.7 Å². The lowest BCUT2D eigenvalue weighted by Crippen LogP contribution is -2.27. The van der Waals surface area contributed by atoms with Gasteiger partial charge in [-0.15, -0.1) is 0 Å². The van der Waals surface area contributed by atoms with E-state index in [0.29, 0.717) is 22.2 Å². The van der Waals surface area contributed by atoms with E-state index in [9.17, 15) is 14.4 Å². The van der Waals surface area contributed by atoms with E-state index in [2.05, 4.69) is 0 Å². The van der Waals surface area contributed by atoms with Crippen molar-refractivity contribution < 1.29 is 19.1 Å². The second-order valence-corrected chi connectivity index (χ2v) is 7.31. The van der Waals surface area contributed by atoms with Gasteiger partial charge in [-0.2, -0.15) is 0 Å². The minimum absolute atomic E-state index is 0.212. The molecule has 0 N–H and O–H groups in total. The molecule has 0 bridgehead atoms. The topological polar surface area (TPSA) is 65.4 Å². The number of ketones is 2. The van der Waals surface area contributed by atoms with Crippen molar-refractivity contribution in [1.82, 2.24) is 4.57 Å². The molecule has 1 aliphatic rings. The Morgan fingerprint density at radius 2 is 1.50 bits per heavy atom. The first-order valence-corrected chi connectivity index (χ1v) is 8.33. The molecule has 1 aliphatic carbocycles. The van der Waals surface area contributed by atoms with Crippen LogP contribution in [0, 0.1) is 0 Å². The average Bonchev–Trinajstić information content (AvgIpc) is 2.89. The predicted octanol–water partition coefficient (Wildman–Crippen LogP) is 4.51. The quantitative estimate of drug-likeness (QED) is 0.600. The van der Waals surface area contributed by atoms with Crippen molar-refractivity contribution in [2.24, 2.45) is 0 Å². The van der Waals surface area contributed by atoms with Gasteiger partial charge in [0.15, 0.2) is 11.6 Å². The first-order valence-electron chi connectivity index (χ1n) is 8.33. The maximum atomic E-state index is 12.8. The van der Waals surface area contributed by atoms with Crippen molar-refractivity contribution in [1.29, 1.82) is 0 Å². The number of hydrogen-bond donors (Lipinski definition) is 0. The van der Waals surface area contributed by atoms with Crippen molar-refractivity contribution in [2.45, 2.75) is 26.4 Å². The summed E-state index contributed by atoms with van der Waals surface area (Å²) in [5.74, 6) is -0.460. The summed E-state index contributed by atoms with van der Waals surface area (Å²) in [6.45, 7) is 5.40. The molecule has 0 radical (unpaired) electrons. The Bertz CT molecular complexity index is 1140. The summed E-state index contributed by atoms with van der Waals surface area (Å²) in [6.07, 6.45) is 2.02. The number of nitrogens with zero attached hydrogens (tertiary/aromatic N) is 1. The van der Waals surface area contributed by atoms with E-state index < -0.39 is 11.7 Å². The molecule has 5 nitrogen and oxygen atoms in total. The van der Waals surface area contributed by atoms with Gasteiger partial charge >= 0.3 is 6.09 Å². The third-order valence-electron chi connectivity index (χ3n) is 4.30. The number of allylic oxidation sites excluding steroid dienone is 2. The van der Waals surface area contributed by atoms with Gasteiger partial charge < -0.3 is 4.74 Å². The number of fused-ring (bicyclic) bond motifs is 4. The van der Waals surface area contributed by atoms with Gasteiger partial charge in [0, 0.05) is 21.9 Å². The second-order valence-electron chi connectivity index (χ2n) is 7.31. The first-order chi connectivity index (χ1) is 12.3. The largest absolute Gasteiger partial charge is 0.443 e. The van der Waals surface area contributed by atoms with Crippen LogP contribution >= 0.6 is 0 Å². The van der Waals surface area contributed by atoms with Gasteiger partial charge in [-0.25, -0.2) is 9.36 Å². The molecule has 0 aliphatic heterocycles. The Kier molecular flexibility index (Phi) is 3.37. The van der Waals surface area contributed by atoms with Gasteiger partial charge in [0.05, 0.1) is 11.0 Å².